The van der Waals surface area contributed by atoms with E-state index < -0.39 is 5.60 Å². The Morgan fingerprint density at radius 2 is 1.82 bits per heavy atom. The summed E-state index contributed by atoms with van der Waals surface area (Å²) in [5.74, 6) is 0.264. The first kappa shape index (κ1) is 16.2. The number of rotatable bonds is 5. The molecule has 102 valence electrons. The molecule has 3 N–H and O–H groups in total. The predicted octanol–water partition coefficient (Wildman–Crippen LogP) is 2.52. The summed E-state index contributed by atoms with van der Waals surface area (Å²) in [5, 5.41) is 2.79. The highest BCUT2D eigenvalue weighted by atomic mass is 16.6. The second-order valence-electron chi connectivity index (χ2n) is 6.16. The minimum atomic E-state index is -0.456. The molecular weight excluding hydrogens is 216 g/mol. The summed E-state index contributed by atoms with van der Waals surface area (Å²) in [6.45, 7) is 13.1. The molecule has 4 heteroatoms. The fraction of sp³-hybridized carbons (Fsp3) is 0.923. The Morgan fingerprint density at radius 1 is 1.29 bits per heavy atom. The molecule has 0 heterocycles. The Morgan fingerprint density at radius 3 is 2.18 bits per heavy atom. The molecule has 0 aromatic rings. The maximum absolute atomic E-state index is 11.5. The normalized spacial score (nSPS) is 14.3. The van der Waals surface area contributed by atoms with Crippen molar-refractivity contribution in [2.75, 3.05) is 13.1 Å². The van der Waals surface area contributed by atoms with Crippen molar-refractivity contribution in [1.29, 1.82) is 0 Å². The highest BCUT2D eigenvalue weighted by molar-refractivity contribution is 5.67. The summed E-state index contributed by atoms with van der Waals surface area (Å²) in [7, 11) is 0. The number of alkyl carbamates (subject to hydrolysis) is 1. The number of hydrogen-bond acceptors (Lipinski definition) is 3. The minimum absolute atomic E-state index is 0.129. The van der Waals surface area contributed by atoms with E-state index in [-0.39, 0.29) is 17.4 Å². The van der Waals surface area contributed by atoms with Crippen molar-refractivity contribution >= 4 is 6.09 Å². The number of carbonyl (C=O) groups excluding carboxylic acids is 1. The molecule has 0 spiro atoms. The molecular formula is C13H28N2O2. The third-order valence-electron chi connectivity index (χ3n) is 3.19. The topological polar surface area (TPSA) is 64.3 Å². The lowest BCUT2D eigenvalue weighted by Gasteiger charge is -2.33. The summed E-state index contributed by atoms with van der Waals surface area (Å²) in [4.78, 5) is 11.5. The van der Waals surface area contributed by atoms with Crippen LogP contribution in [-0.2, 0) is 4.74 Å². The van der Waals surface area contributed by atoms with E-state index in [9.17, 15) is 4.79 Å². The average molecular weight is 244 g/mol. The molecule has 0 saturated heterocycles. The number of nitrogens with two attached hydrogens (primary N) is 1. The molecule has 0 saturated carbocycles. The van der Waals surface area contributed by atoms with Gasteiger partial charge in [-0.1, -0.05) is 27.2 Å². The maximum Gasteiger partial charge on any atom is 0.407 e. The highest BCUT2D eigenvalue weighted by Crippen LogP contribution is 2.29. The number of nitrogens with one attached hydrogen (secondary N) is 1. The molecule has 1 unspecified atom stereocenters. The van der Waals surface area contributed by atoms with Crippen LogP contribution < -0.4 is 11.1 Å². The van der Waals surface area contributed by atoms with E-state index >= 15 is 0 Å². The zero-order chi connectivity index (χ0) is 13.7. The fourth-order valence-corrected chi connectivity index (χ4v) is 1.49. The molecule has 0 rings (SSSR count). The van der Waals surface area contributed by atoms with Gasteiger partial charge >= 0.3 is 6.09 Å². The maximum atomic E-state index is 11.5. The minimum Gasteiger partial charge on any atom is -0.444 e. The van der Waals surface area contributed by atoms with Crippen molar-refractivity contribution in [2.24, 2.45) is 17.1 Å². The largest absolute Gasteiger partial charge is 0.444 e. The van der Waals surface area contributed by atoms with Gasteiger partial charge in [-0.15, -0.1) is 0 Å². The van der Waals surface area contributed by atoms with Crippen molar-refractivity contribution in [1.82, 2.24) is 5.32 Å². The van der Waals surface area contributed by atoms with Gasteiger partial charge in [-0.3, -0.25) is 0 Å². The van der Waals surface area contributed by atoms with E-state index in [1.54, 1.807) is 0 Å². The van der Waals surface area contributed by atoms with E-state index in [2.05, 4.69) is 26.1 Å². The molecule has 1 atom stereocenters. The first-order valence-corrected chi connectivity index (χ1v) is 6.29. The zero-order valence-corrected chi connectivity index (χ0v) is 12.1. The Hall–Kier alpha value is -0.770. The summed E-state index contributed by atoms with van der Waals surface area (Å²) in [6.07, 6.45) is 0.660. The summed E-state index contributed by atoms with van der Waals surface area (Å²) in [6, 6.07) is 0. The van der Waals surface area contributed by atoms with E-state index in [1.807, 2.05) is 20.8 Å². The fourth-order valence-electron chi connectivity index (χ4n) is 1.49. The summed E-state index contributed by atoms with van der Waals surface area (Å²) >= 11 is 0. The van der Waals surface area contributed by atoms with Crippen LogP contribution in [0.2, 0.25) is 0 Å². The van der Waals surface area contributed by atoms with Crippen LogP contribution in [0.3, 0.4) is 0 Å². The van der Waals surface area contributed by atoms with Gasteiger partial charge in [-0.2, -0.15) is 0 Å². The van der Waals surface area contributed by atoms with Crippen LogP contribution in [0, 0.1) is 11.3 Å². The van der Waals surface area contributed by atoms with E-state index in [4.69, 9.17) is 10.5 Å². The standard InChI is InChI=1S/C13H28N2O2/c1-7-13(5,6)10(8-14)9-15-11(16)17-12(2,3)4/h10H,7-9,14H2,1-6H3,(H,15,16). The molecule has 0 radical (unpaired) electrons. The third-order valence-corrected chi connectivity index (χ3v) is 3.19. The van der Waals surface area contributed by atoms with Gasteiger partial charge in [0, 0.05) is 6.54 Å². The zero-order valence-electron chi connectivity index (χ0n) is 12.1. The Balaban J connectivity index is 4.21. The van der Waals surface area contributed by atoms with Crippen LogP contribution in [0.1, 0.15) is 48.0 Å². The first-order chi connectivity index (χ1) is 7.62. The van der Waals surface area contributed by atoms with E-state index in [0.717, 1.165) is 6.42 Å². The SMILES string of the molecule is CCC(C)(C)C(CN)CNC(=O)OC(C)(C)C. The number of amides is 1. The monoisotopic (exact) mass is 244 g/mol. The molecule has 0 bridgehead atoms. The highest BCUT2D eigenvalue weighted by Gasteiger charge is 2.27. The molecule has 0 aromatic carbocycles. The van der Waals surface area contributed by atoms with Gasteiger partial charge in [0.25, 0.3) is 0 Å². The Bertz CT molecular complexity index is 244. The molecule has 0 aliphatic heterocycles. The van der Waals surface area contributed by atoms with Gasteiger partial charge in [-0.05, 0) is 38.6 Å². The molecule has 0 aliphatic carbocycles. The predicted molar refractivity (Wildman–Crippen MR) is 70.9 cm³/mol. The van der Waals surface area contributed by atoms with Crippen LogP contribution in [0.15, 0.2) is 0 Å². The first-order valence-electron chi connectivity index (χ1n) is 6.29. The third kappa shape index (κ3) is 6.51. The Labute approximate surface area is 105 Å². The molecule has 17 heavy (non-hydrogen) atoms. The summed E-state index contributed by atoms with van der Waals surface area (Å²) < 4.78 is 5.19. The van der Waals surface area contributed by atoms with Gasteiger partial charge in [-0.25, -0.2) is 4.79 Å². The lowest BCUT2D eigenvalue weighted by atomic mass is 9.76. The molecule has 0 aromatic heterocycles. The number of carbonyl (C=O) groups is 1. The van der Waals surface area contributed by atoms with Crippen LogP contribution in [0.4, 0.5) is 4.79 Å². The van der Waals surface area contributed by atoms with Gasteiger partial charge in [0.05, 0.1) is 0 Å². The van der Waals surface area contributed by atoms with Crippen molar-refractivity contribution in [3.8, 4) is 0 Å². The molecule has 0 aliphatic rings. The van der Waals surface area contributed by atoms with Crippen LogP contribution in [-0.4, -0.2) is 24.8 Å². The molecule has 4 nitrogen and oxygen atoms in total. The lowest BCUT2D eigenvalue weighted by molar-refractivity contribution is 0.0503. The molecule has 0 fully saturated rings. The van der Waals surface area contributed by atoms with Crippen molar-refractivity contribution in [3.63, 3.8) is 0 Å². The summed E-state index contributed by atoms with van der Waals surface area (Å²) in [5.41, 5.74) is 5.43. The number of ether oxygens (including phenoxy) is 1. The number of hydrogen-bond donors (Lipinski definition) is 2. The van der Waals surface area contributed by atoms with Crippen molar-refractivity contribution in [2.45, 2.75) is 53.6 Å². The quantitative estimate of drug-likeness (QED) is 0.781. The second-order valence-corrected chi connectivity index (χ2v) is 6.16. The lowest BCUT2D eigenvalue weighted by Crippen LogP contribution is -2.42. The van der Waals surface area contributed by atoms with Gasteiger partial charge in [0.1, 0.15) is 5.60 Å². The van der Waals surface area contributed by atoms with Gasteiger partial charge in [0.2, 0.25) is 0 Å². The second kappa shape index (κ2) is 6.24. The van der Waals surface area contributed by atoms with Gasteiger partial charge in [0.15, 0.2) is 0 Å². The van der Waals surface area contributed by atoms with E-state index in [0.29, 0.717) is 13.1 Å². The van der Waals surface area contributed by atoms with Crippen molar-refractivity contribution < 1.29 is 9.53 Å². The van der Waals surface area contributed by atoms with Crippen molar-refractivity contribution in [3.05, 3.63) is 0 Å². The van der Waals surface area contributed by atoms with Crippen LogP contribution in [0.25, 0.3) is 0 Å². The smallest absolute Gasteiger partial charge is 0.407 e. The van der Waals surface area contributed by atoms with Crippen LogP contribution >= 0.6 is 0 Å². The average Bonchev–Trinajstić information content (AvgIpc) is 2.15. The van der Waals surface area contributed by atoms with E-state index in [1.165, 1.54) is 0 Å². The Kier molecular flexibility index (Phi) is 5.96. The van der Waals surface area contributed by atoms with Gasteiger partial charge < -0.3 is 15.8 Å². The van der Waals surface area contributed by atoms with Crippen LogP contribution in [0.5, 0.6) is 0 Å². The molecule has 1 amide bonds.